The zero-order chi connectivity index (χ0) is 20.7. The van der Waals surface area contributed by atoms with Crippen molar-refractivity contribution in [2.24, 2.45) is 5.92 Å². The van der Waals surface area contributed by atoms with Gasteiger partial charge in [0.25, 0.3) is 0 Å². The minimum absolute atomic E-state index is 0.105. The fourth-order valence-electron chi connectivity index (χ4n) is 3.64. The van der Waals surface area contributed by atoms with Crippen molar-refractivity contribution in [3.05, 3.63) is 24.0 Å². The van der Waals surface area contributed by atoms with E-state index in [2.05, 4.69) is 25.3 Å². The summed E-state index contributed by atoms with van der Waals surface area (Å²) in [7, 11) is 1.10. The first-order chi connectivity index (χ1) is 13.0. The molecule has 156 valence electrons. The summed E-state index contributed by atoms with van der Waals surface area (Å²) in [6.45, 7) is 9.05. The molecule has 0 atom stereocenters. The summed E-state index contributed by atoms with van der Waals surface area (Å²) in [5.41, 5.74) is 2.38. The van der Waals surface area contributed by atoms with Crippen LogP contribution in [0.5, 0.6) is 0 Å². The highest BCUT2D eigenvalue weighted by Gasteiger charge is 2.27. The smallest absolute Gasteiger partial charge is 0.303 e. The Bertz CT molecular complexity index is 938. The van der Waals surface area contributed by atoms with Crippen LogP contribution in [0.4, 0.5) is 5.69 Å². The van der Waals surface area contributed by atoms with Gasteiger partial charge in [-0.2, -0.15) is 12.7 Å². The Morgan fingerprint density at radius 1 is 1.18 bits per heavy atom. The van der Waals surface area contributed by atoms with E-state index in [0.29, 0.717) is 11.6 Å². The van der Waals surface area contributed by atoms with Crippen LogP contribution >= 0.6 is 0 Å². The van der Waals surface area contributed by atoms with E-state index in [1.165, 1.54) is 22.7 Å². The molecule has 1 saturated heterocycles. The number of anilines is 1. The number of imidazole rings is 1. The standard InChI is InChI=1S/C20H32N4O3S/c1-20(2,3)19-21-17-13-16(23(6)28(25,26)22(4)5)7-8-18(17)24(19)14-15-9-11-27-12-10-15/h7-8,13,15H,9-12,14H2,1-6H3. The predicted molar refractivity (Wildman–Crippen MR) is 113 cm³/mol. The summed E-state index contributed by atoms with van der Waals surface area (Å²) in [4.78, 5) is 4.92. The van der Waals surface area contributed by atoms with E-state index in [-0.39, 0.29) is 5.41 Å². The molecule has 1 fully saturated rings. The van der Waals surface area contributed by atoms with Gasteiger partial charge in [-0.05, 0) is 37.0 Å². The lowest BCUT2D eigenvalue weighted by atomic mass is 9.94. The van der Waals surface area contributed by atoms with Gasteiger partial charge in [-0.3, -0.25) is 4.31 Å². The van der Waals surface area contributed by atoms with Crippen molar-refractivity contribution in [1.29, 1.82) is 0 Å². The second-order valence-corrected chi connectivity index (χ2v) is 11.0. The molecule has 0 saturated carbocycles. The molecule has 7 nitrogen and oxygen atoms in total. The Kier molecular flexibility index (Phi) is 5.76. The number of benzene rings is 1. The molecule has 0 N–H and O–H groups in total. The van der Waals surface area contributed by atoms with Crippen LogP contribution < -0.4 is 4.31 Å². The van der Waals surface area contributed by atoms with Crippen molar-refractivity contribution >= 4 is 26.9 Å². The zero-order valence-electron chi connectivity index (χ0n) is 17.8. The maximum absolute atomic E-state index is 12.5. The lowest BCUT2D eigenvalue weighted by Gasteiger charge is -2.26. The first kappa shape index (κ1) is 21.1. The summed E-state index contributed by atoms with van der Waals surface area (Å²) in [5.74, 6) is 1.60. The number of hydrogen-bond acceptors (Lipinski definition) is 4. The Balaban J connectivity index is 2.05. The van der Waals surface area contributed by atoms with Crippen LogP contribution in [0.3, 0.4) is 0 Å². The molecule has 8 heteroatoms. The summed E-state index contributed by atoms with van der Waals surface area (Å²) < 4.78 is 35.3. The van der Waals surface area contributed by atoms with Gasteiger partial charge >= 0.3 is 10.2 Å². The van der Waals surface area contributed by atoms with Crippen molar-refractivity contribution in [2.45, 2.75) is 45.6 Å². The molecular weight excluding hydrogens is 376 g/mol. The molecule has 0 spiro atoms. The molecule has 1 aromatic carbocycles. The fourth-order valence-corrected chi connectivity index (χ4v) is 4.51. The van der Waals surface area contributed by atoms with Crippen LogP contribution in [-0.4, -0.2) is 56.6 Å². The molecule has 0 amide bonds. The minimum Gasteiger partial charge on any atom is -0.381 e. The highest BCUT2D eigenvalue weighted by atomic mass is 32.2. The lowest BCUT2D eigenvalue weighted by Crippen LogP contribution is -2.37. The first-order valence-electron chi connectivity index (χ1n) is 9.76. The molecule has 1 aliphatic rings. The third-order valence-electron chi connectivity index (χ3n) is 5.36. The van der Waals surface area contributed by atoms with Gasteiger partial charge in [-0.15, -0.1) is 0 Å². The minimum atomic E-state index is -3.53. The number of fused-ring (bicyclic) bond motifs is 1. The Hall–Kier alpha value is -1.64. The molecule has 1 aliphatic heterocycles. The van der Waals surface area contributed by atoms with Crippen LogP contribution in [0.1, 0.15) is 39.4 Å². The van der Waals surface area contributed by atoms with Gasteiger partial charge in [0, 0.05) is 46.3 Å². The predicted octanol–water partition coefficient (Wildman–Crippen LogP) is 3.00. The van der Waals surface area contributed by atoms with E-state index in [4.69, 9.17) is 9.72 Å². The van der Waals surface area contributed by atoms with Gasteiger partial charge < -0.3 is 9.30 Å². The SMILES string of the molecule is CN(C)S(=O)(=O)N(C)c1ccc2c(c1)nc(C(C)(C)C)n2CC1CCOCC1. The molecule has 1 aromatic heterocycles. The molecule has 0 unspecified atom stereocenters. The molecule has 0 radical (unpaired) electrons. The van der Waals surface area contributed by atoms with Gasteiger partial charge in [0.1, 0.15) is 5.82 Å². The monoisotopic (exact) mass is 408 g/mol. The van der Waals surface area contributed by atoms with E-state index < -0.39 is 10.2 Å². The molecule has 2 heterocycles. The second-order valence-electron chi connectivity index (χ2n) is 8.78. The van der Waals surface area contributed by atoms with Crippen LogP contribution in [0, 0.1) is 5.92 Å². The average Bonchev–Trinajstić information content (AvgIpc) is 3.00. The number of aromatic nitrogens is 2. The quantitative estimate of drug-likeness (QED) is 0.763. The van der Waals surface area contributed by atoms with Crippen molar-refractivity contribution in [3.63, 3.8) is 0 Å². The highest BCUT2D eigenvalue weighted by Crippen LogP contribution is 2.31. The van der Waals surface area contributed by atoms with E-state index in [1.807, 2.05) is 18.2 Å². The Morgan fingerprint density at radius 3 is 2.39 bits per heavy atom. The molecule has 3 rings (SSSR count). The summed E-state index contributed by atoms with van der Waals surface area (Å²) in [5, 5.41) is 0. The second kappa shape index (κ2) is 7.65. The van der Waals surface area contributed by atoms with Crippen LogP contribution in [0.15, 0.2) is 18.2 Å². The Morgan fingerprint density at radius 2 is 1.82 bits per heavy atom. The largest absolute Gasteiger partial charge is 0.381 e. The van der Waals surface area contributed by atoms with Gasteiger partial charge in [0.05, 0.1) is 16.7 Å². The molecular formula is C20H32N4O3S. The van der Waals surface area contributed by atoms with Crippen molar-refractivity contribution in [3.8, 4) is 0 Å². The van der Waals surface area contributed by atoms with E-state index in [9.17, 15) is 8.42 Å². The maximum Gasteiger partial charge on any atom is 0.303 e. The Labute approximate surface area is 168 Å². The number of rotatable bonds is 5. The third kappa shape index (κ3) is 4.04. The summed E-state index contributed by atoms with van der Waals surface area (Å²) in [6.07, 6.45) is 2.12. The number of ether oxygens (including phenoxy) is 1. The average molecular weight is 409 g/mol. The molecule has 0 aliphatic carbocycles. The first-order valence-corrected chi connectivity index (χ1v) is 11.2. The van der Waals surface area contributed by atoms with Crippen LogP contribution in [0.2, 0.25) is 0 Å². The molecule has 28 heavy (non-hydrogen) atoms. The summed E-state index contributed by atoms with van der Waals surface area (Å²) in [6, 6.07) is 5.72. The molecule has 2 aromatic rings. The molecule has 0 bridgehead atoms. The van der Waals surface area contributed by atoms with E-state index in [0.717, 1.165) is 49.5 Å². The number of hydrogen-bond donors (Lipinski definition) is 0. The third-order valence-corrected chi connectivity index (χ3v) is 7.18. The normalized spacial score (nSPS) is 16.8. The van der Waals surface area contributed by atoms with Gasteiger partial charge in [-0.25, -0.2) is 4.98 Å². The van der Waals surface area contributed by atoms with Gasteiger partial charge in [0.15, 0.2) is 0 Å². The summed E-state index contributed by atoms with van der Waals surface area (Å²) >= 11 is 0. The maximum atomic E-state index is 12.5. The zero-order valence-corrected chi connectivity index (χ0v) is 18.6. The highest BCUT2D eigenvalue weighted by molar-refractivity contribution is 7.90. The van der Waals surface area contributed by atoms with Crippen molar-refractivity contribution in [1.82, 2.24) is 13.9 Å². The van der Waals surface area contributed by atoms with Gasteiger partial charge in [-0.1, -0.05) is 20.8 Å². The van der Waals surface area contributed by atoms with Crippen molar-refractivity contribution < 1.29 is 13.2 Å². The van der Waals surface area contributed by atoms with Crippen LogP contribution in [-0.2, 0) is 26.9 Å². The van der Waals surface area contributed by atoms with E-state index >= 15 is 0 Å². The van der Waals surface area contributed by atoms with Crippen LogP contribution in [0.25, 0.3) is 11.0 Å². The van der Waals surface area contributed by atoms with E-state index in [1.54, 1.807) is 7.05 Å². The van der Waals surface area contributed by atoms with Crippen molar-refractivity contribution in [2.75, 3.05) is 38.7 Å². The van der Waals surface area contributed by atoms with Gasteiger partial charge in [0.2, 0.25) is 0 Å². The fraction of sp³-hybridized carbons (Fsp3) is 0.650. The number of nitrogens with zero attached hydrogens (tertiary/aromatic N) is 4. The topological polar surface area (TPSA) is 67.7 Å². The lowest BCUT2D eigenvalue weighted by molar-refractivity contribution is 0.0611.